The predicted molar refractivity (Wildman–Crippen MR) is 132 cm³/mol. The molecule has 5 heteroatoms. The Hall–Kier alpha value is -2.82. The van der Waals surface area contributed by atoms with Gasteiger partial charge in [0.1, 0.15) is 11.5 Å². The molecule has 0 atom stereocenters. The lowest BCUT2D eigenvalue weighted by molar-refractivity contribution is 0.101. The van der Waals surface area contributed by atoms with Crippen LogP contribution in [-0.2, 0) is 11.2 Å². The number of methoxy groups -OCH3 is 1. The maximum atomic E-state index is 11.6. The standard InChI is InChI=1S/C27H37N3O2/c1-4-5-6-7-8-9-10-11-12-13-21-14-15-22(28-21)18-26-27(32-3)19-25(30-26)24-17-16-23(29-24)20(2)31/h14-19,28-29H,4-13H2,1-3H3/b26-18-. The molecule has 0 bridgehead atoms. The molecule has 2 aromatic rings. The summed E-state index contributed by atoms with van der Waals surface area (Å²) in [5.74, 6) is 0.724. The number of allylic oxidation sites excluding steroid dienone is 1. The zero-order chi connectivity index (χ0) is 22.8. The van der Waals surface area contributed by atoms with Crippen molar-refractivity contribution in [3.8, 4) is 0 Å². The van der Waals surface area contributed by atoms with Crippen LogP contribution in [0.3, 0.4) is 0 Å². The van der Waals surface area contributed by atoms with Crippen molar-refractivity contribution in [3.05, 3.63) is 64.6 Å². The van der Waals surface area contributed by atoms with Gasteiger partial charge in [0.05, 0.1) is 24.2 Å². The van der Waals surface area contributed by atoms with E-state index >= 15 is 0 Å². The zero-order valence-electron chi connectivity index (χ0n) is 19.8. The monoisotopic (exact) mass is 435 g/mol. The number of aliphatic imine (C=N–C) groups is 1. The molecule has 1 aliphatic heterocycles. The van der Waals surface area contributed by atoms with E-state index in [1.807, 2.05) is 18.2 Å². The number of carbonyl (C=O) groups is 1. The van der Waals surface area contributed by atoms with Crippen LogP contribution in [0.2, 0.25) is 0 Å². The van der Waals surface area contributed by atoms with Gasteiger partial charge in [-0.3, -0.25) is 4.79 Å². The fourth-order valence-electron chi connectivity index (χ4n) is 4.03. The van der Waals surface area contributed by atoms with Gasteiger partial charge >= 0.3 is 0 Å². The zero-order valence-corrected chi connectivity index (χ0v) is 19.8. The number of unbranched alkanes of at least 4 members (excludes halogenated alkanes) is 8. The highest BCUT2D eigenvalue weighted by Gasteiger charge is 2.18. The van der Waals surface area contributed by atoms with Crippen molar-refractivity contribution in [2.24, 2.45) is 4.99 Å². The Kier molecular flexibility index (Phi) is 9.14. The van der Waals surface area contributed by atoms with Gasteiger partial charge in [-0.05, 0) is 43.2 Å². The number of aromatic amines is 2. The highest BCUT2D eigenvalue weighted by atomic mass is 16.5. The third kappa shape index (κ3) is 6.84. The number of ether oxygens (including phenoxy) is 1. The number of hydrogen-bond acceptors (Lipinski definition) is 3. The van der Waals surface area contributed by atoms with Crippen molar-refractivity contribution in [1.29, 1.82) is 0 Å². The molecule has 2 N–H and O–H groups in total. The molecule has 5 nitrogen and oxygen atoms in total. The van der Waals surface area contributed by atoms with Gasteiger partial charge in [-0.15, -0.1) is 0 Å². The first-order valence-corrected chi connectivity index (χ1v) is 12.1. The molecule has 172 valence electrons. The highest BCUT2D eigenvalue weighted by molar-refractivity contribution is 6.11. The number of ketones is 1. The van der Waals surface area contributed by atoms with Crippen LogP contribution in [-0.4, -0.2) is 28.6 Å². The summed E-state index contributed by atoms with van der Waals surface area (Å²) in [6, 6.07) is 7.92. The van der Waals surface area contributed by atoms with E-state index in [4.69, 9.17) is 9.73 Å². The molecule has 3 rings (SSSR count). The molecule has 0 fully saturated rings. The van der Waals surface area contributed by atoms with Crippen molar-refractivity contribution in [3.63, 3.8) is 0 Å². The Morgan fingerprint density at radius 1 is 0.969 bits per heavy atom. The normalized spacial score (nSPS) is 14.7. The maximum Gasteiger partial charge on any atom is 0.175 e. The van der Waals surface area contributed by atoms with E-state index in [1.165, 1.54) is 63.5 Å². The molecule has 0 aromatic carbocycles. The van der Waals surface area contributed by atoms with E-state index in [-0.39, 0.29) is 5.78 Å². The Morgan fingerprint density at radius 3 is 2.34 bits per heavy atom. The van der Waals surface area contributed by atoms with Gasteiger partial charge < -0.3 is 14.7 Å². The highest BCUT2D eigenvalue weighted by Crippen LogP contribution is 2.25. The predicted octanol–water partition coefficient (Wildman–Crippen LogP) is 6.99. The lowest BCUT2D eigenvalue weighted by atomic mass is 10.1. The summed E-state index contributed by atoms with van der Waals surface area (Å²) in [6.45, 7) is 3.81. The molecule has 0 radical (unpaired) electrons. The quantitative estimate of drug-likeness (QED) is 0.248. The number of carbonyl (C=O) groups excluding carboxylic acids is 1. The summed E-state index contributed by atoms with van der Waals surface area (Å²) in [4.78, 5) is 22.9. The molecule has 2 aromatic heterocycles. The summed E-state index contributed by atoms with van der Waals surface area (Å²) in [6.07, 6.45) is 17.1. The Bertz CT molecular complexity index is 975. The fraction of sp³-hybridized carbons (Fsp3) is 0.481. The topological polar surface area (TPSA) is 70.2 Å². The average Bonchev–Trinajstić information content (AvgIpc) is 3.52. The number of nitrogens with one attached hydrogen (secondary N) is 2. The van der Waals surface area contributed by atoms with Crippen molar-refractivity contribution in [2.75, 3.05) is 7.11 Å². The Morgan fingerprint density at radius 2 is 1.69 bits per heavy atom. The first kappa shape index (κ1) is 23.8. The molecule has 0 saturated carbocycles. The third-order valence-corrected chi connectivity index (χ3v) is 5.93. The summed E-state index contributed by atoms with van der Waals surface area (Å²) in [7, 11) is 1.65. The van der Waals surface area contributed by atoms with Crippen LogP contribution in [0.4, 0.5) is 0 Å². The molecule has 0 spiro atoms. The molecule has 32 heavy (non-hydrogen) atoms. The second-order valence-corrected chi connectivity index (χ2v) is 8.60. The van der Waals surface area contributed by atoms with E-state index in [0.29, 0.717) is 11.5 Å². The summed E-state index contributed by atoms with van der Waals surface area (Å²) < 4.78 is 5.53. The second kappa shape index (κ2) is 12.3. The molecule has 0 saturated heterocycles. The lowest BCUT2D eigenvalue weighted by Gasteiger charge is -2.02. The smallest absolute Gasteiger partial charge is 0.175 e. The number of hydrogen-bond donors (Lipinski definition) is 2. The van der Waals surface area contributed by atoms with E-state index in [1.54, 1.807) is 20.1 Å². The van der Waals surface area contributed by atoms with Gasteiger partial charge in [0, 0.05) is 24.4 Å². The molecule has 0 unspecified atom stereocenters. The Balaban J connectivity index is 1.50. The largest absolute Gasteiger partial charge is 0.494 e. The fourth-order valence-corrected chi connectivity index (χ4v) is 4.03. The number of Topliss-reactive ketones (excluding diaryl/α,β-unsaturated/α-hetero) is 1. The minimum atomic E-state index is 0.00689. The van der Waals surface area contributed by atoms with Crippen molar-refractivity contribution in [1.82, 2.24) is 9.97 Å². The van der Waals surface area contributed by atoms with Gasteiger partial charge in [0.15, 0.2) is 5.78 Å². The second-order valence-electron chi connectivity index (χ2n) is 8.60. The third-order valence-electron chi connectivity index (χ3n) is 5.93. The number of aryl methyl sites for hydroxylation is 1. The number of H-pyrrole nitrogens is 2. The molecular weight excluding hydrogens is 398 g/mol. The molecule has 0 amide bonds. The van der Waals surface area contributed by atoms with Gasteiger partial charge in [-0.2, -0.15) is 0 Å². The minimum absolute atomic E-state index is 0.00689. The van der Waals surface area contributed by atoms with Crippen molar-refractivity contribution in [2.45, 2.75) is 78.1 Å². The van der Waals surface area contributed by atoms with Gasteiger partial charge in [0.25, 0.3) is 0 Å². The van der Waals surface area contributed by atoms with Crippen LogP contribution >= 0.6 is 0 Å². The minimum Gasteiger partial charge on any atom is -0.494 e. The van der Waals surface area contributed by atoms with E-state index in [9.17, 15) is 4.79 Å². The van der Waals surface area contributed by atoms with E-state index < -0.39 is 0 Å². The molecular formula is C27H37N3O2. The average molecular weight is 436 g/mol. The molecule has 0 aliphatic carbocycles. The summed E-state index contributed by atoms with van der Waals surface area (Å²) in [5, 5.41) is 0. The van der Waals surface area contributed by atoms with E-state index in [2.05, 4.69) is 29.0 Å². The van der Waals surface area contributed by atoms with Gasteiger partial charge in [-0.1, -0.05) is 58.3 Å². The Labute approximate surface area is 192 Å². The van der Waals surface area contributed by atoms with Gasteiger partial charge in [0.2, 0.25) is 0 Å². The van der Waals surface area contributed by atoms with E-state index in [0.717, 1.165) is 29.2 Å². The number of aromatic nitrogens is 2. The van der Waals surface area contributed by atoms with Crippen LogP contribution in [0.1, 0.15) is 99.2 Å². The lowest BCUT2D eigenvalue weighted by Crippen LogP contribution is -1.97. The SMILES string of the molecule is CCCCCCCCCCCc1ccc(/C=C2\N=C(c3ccc(C(C)=O)[nH]3)C=C2OC)[nH]1. The maximum absolute atomic E-state index is 11.6. The van der Waals surface area contributed by atoms with Gasteiger partial charge in [-0.25, -0.2) is 4.99 Å². The van der Waals surface area contributed by atoms with Crippen LogP contribution in [0, 0.1) is 0 Å². The molecule has 3 heterocycles. The summed E-state index contributed by atoms with van der Waals surface area (Å²) in [5.41, 5.74) is 5.22. The number of nitrogens with zero attached hydrogens (tertiary/aromatic N) is 1. The van der Waals surface area contributed by atoms with Crippen LogP contribution < -0.4 is 0 Å². The van der Waals surface area contributed by atoms with Crippen LogP contribution in [0.25, 0.3) is 6.08 Å². The summed E-state index contributed by atoms with van der Waals surface area (Å²) >= 11 is 0. The van der Waals surface area contributed by atoms with Crippen molar-refractivity contribution < 1.29 is 9.53 Å². The van der Waals surface area contributed by atoms with Crippen LogP contribution in [0.15, 0.2) is 46.8 Å². The van der Waals surface area contributed by atoms with Crippen LogP contribution in [0.5, 0.6) is 0 Å². The molecule has 1 aliphatic rings. The first-order chi connectivity index (χ1) is 15.6. The first-order valence-electron chi connectivity index (χ1n) is 12.1. The number of rotatable bonds is 14. The van der Waals surface area contributed by atoms with Crippen molar-refractivity contribution >= 4 is 17.6 Å².